The average Bonchev–Trinajstić information content (AvgIpc) is 2.28. The van der Waals surface area contributed by atoms with Gasteiger partial charge in [0.15, 0.2) is 0 Å². The molecule has 1 rings (SSSR count). The third-order valence-corrected chi connectivity index (χ3v) is 2.91. The van der Waals surface area contributed by atoms with E-state index in [0.29, 0.717) is 13.1 Å². The molecule has 6 nitrogen and oxygen atoms in total. The molecule has 0 amide bonds. The van der Waals surface area contributed by atoms with Crippen LogP contribution in [0.4, 0.5) is 13.2 Å². The van der Waals surface area contributed by atoms with Crippen LogP contribution in [0.1, 0.15) is 0 Å². The lowest BCUT2D eigenvalue weighted by Gasteiger charge is -2.03. The van der Waals surface area contributed by atoms with E-state index in [2.05, 4.69) is 4.72 Å². The summed E-state index contributed by atoms with van der Waals surface area (Å²) < 4.78 is 55.5. The number of nitrogens with two attached hydrogens (primary N) is 1. The molecule has 0 spiro atoms. The minimum atomic E-state index is -5.19. The van der Waals surface area contributed by atoms with E-state index in [1.807, 2.05) is 5.32 Å². The zero-order chi connectivity index (χ0) is 12.8. The van der Waals surface area contributed by atoms with Crippen molar-refractivity contribution in [3.05, 3.63) is 0 Å². The van der Waals surface area contributed by atoms with Crippen LogP contribution in [0.2, 0.25) is 0 Å². The fourth-order valence-electron chi connectivity index (χ4n) is 0.771. The number of halogens is 3. The maximum absolute atomic E-state index is 10.7. The van der Waals surface area contributed by atoms with Gasteiger partial charge in [-0.25, -0.2) is 13.1 Å². The number of carbonyl (C=O) groups is 1. The number of alkyl halides is 3. The van der Waals surface area contributed by atoms with Gasteiger partial charge in [-0.05, 0) is 0 Å². The highest BCUT2D eigenvalue weighted by Crippen LogP contribution is 2.11. The summed E-state index contributed by atoms with van der Waals surface area (Å²) in [6.07, 6.45) is -5.19. The fraction of sp³-hybridized carbons (Fsp3) is 0.833. The lowest BCUT2D eigenvalue weighted by molar-refractivity contribution is -0.647. The number of hydrogen-bond acceptors (Lipinski definition) is 4. The van der Waals surface area contributed by atoms with Crippen LogP contribution in [-0.4, -0.2) is 46.0 Å². The van der Waals surface area contributed by atoms with Gasteiger partial charge in [-0.1, -0.05) is 0 Å². The Kier molecular flexibility index (Phi) is 5.68. The highest BCUT2D eigenvalue weighted by molar-refractivity contribution is 7.89. The second-order valence-corrected chi connectivity index (χ2v) is 4.79. The number of hydrogen-bond donors (Lipinski definition) is 2. The van der Waals surface area contributed by atoms with Crippen LogP contribution in [0, 0.1) is 0 Å². The van der Waals surface area contributed by atoms with E-state index < -0.39 is 22.2 Å². The van der Waals surface area contributed by atoms with Gasteiger partial charge in [0, 0.05) is 0 Å². The molecule has 1 aliphatic rings. The molecule has 0 unspecified atom stereocenters. The molecule has 0 aliphatic carbocycles. The second-order valence-electron chi connectivity index (χ2n) is 2.86. The zero-order valence-corrected chi connectivity index (χ0v) is 8.90. The predicted molar refractivity (Wildman–Crippen MR) is 44.5 cm³/mol. The van der Waals surface area contributed by atoms with Crippen LogP contribution in [0.5, 0.6) is 0 Å². The molecule has 0 aromatic rings. The number of carbonyl (C=O) groups excluding carboxylic acids is 1. The molecule has 1 heterocycles. The quantitative estimate of drug-likeness (QED) is 0.480. The Labute approximate surface area is 89.9 Å². The maximum Gasteiger partial charge on any atom is 0.430 e. The molecule has 3 N–H and O–H groups in total. The largest absolute Gasteiger partial charge is 0.542 e. The van der Waals surface area contributed by atoms with Crippen molar-refractivity contribution in [3.8, 4) is 0 Å². The van der Waals surface area contributed by atoms with Crippen molar-refractivity contribution in [3.63, 3.8) is 0 Å². The molecule has 0 aromatic heterocycles. The van der Waals surface area contributed by atoms with E-state index in [1.54, 1.807) is 0 Å². The van der Waals surface area contributed by atoms with Crippen molar-refractivity contribution in [2.24, 2.45) is 0 Å². The van der Waals surface area contributed by atoms with Crippen LogP contribution in [0.3, 0.4) is 0 Å². The van der Waals surface area contributed by atoms with E-state index in [4.69, 9.17) is 9.90 Å². The Morgan fingerprint density at radius 1 is 1.31 bits per heavy atom. The molecule has 0 bridgehead atoms. The fourth-order valence-corrected chi connectivity index (χ4v) is 1.82. The Bertz CT molecular complexity index is 313. The first-order chi connectivity index (χ1) is 7.15. The van der Waals surface area contributed by atoms with Gasteiger partial charge in [0.1, 0.15) is 11.7 Å². The van der Waals surface area contributed by atoms with Crippen molar-refractivity contribution >= 4 is 16.0 Å². The van der Waals surface area contributed by atoms with Gasteiger partial charge >= 0.3 is 6.18 Å². The van der Waals surface area contributed by atoms with Crippen LogP contribution in [0.25, 0.3) is 0 Å². The summed E-state index contributed by atoms with van der Waals surface area (Å²) in [6.45, 7) is 2.12. The highest BCUT2D eigenvalue weighted by Gasteiger charge is 2.28. The van der Waals surface area contributed by atoms with Crippen molar-refractivity contribution in [1.29, 1.82) is 0 Å². The Hall–Kier alpha value is -0.870. The third kappa shape index (κ3) is 7.43. The molecule has 10 heteroatoms. The Balaban J connectivity index is 0.000000293. The number of sulfonamides is 1. The first-order valence-corrected chi connectivity index (χ1v) is 5.87. The number of quaternary nitrogens is 1. The molecule has 1 fully saturated rings. The van der Waals surface area contributed by atoms with Crippen molar-refractivity contribution in [2.75, 3.05) is 25.4 Å². The smallest absolute Gasteiger partial charge is 0.430 e. The van der Waals surface area contributed by atoms with Gasteiger partial charge in [0.2, 0.25) is 10.0 Å². The van der Waals surface area contributed by atoms with Gasteiger partial charge in [-0.2, -0.15) is 13.2 Å². The first kappa shape index (κ1) is 15.1. The minimum Gasteiger partial charge on any atom is -0.542 e. The Morgan fingerprint density at radius 3 is 2.25 bits per heavy atom. The third-order valence-electron chi connectivity index (χ3n) is 1.49. The molecule has 16 heavy (non-hydrogen) atoms. The molecule has 96 valence electrons. The summed E-state index contributed by atoms with van der Waals surface area (Å²) in [4.78, 5) is 8.78. The van der Waals surface area contributed by atoms with E-state index >= 15 is 0 Å². The molecule has 1 aliphatic heterocycles. The standard InChI is InChI=1S/C4H10N2O2S.C2HF3O2/c7-9(8)4-3-5-1-2-6-9;3-2(4,5)1(6)7/h5-6H,1-4H2;(H,6,7). The van der Waals surface area contributed by atoms with Gasteiger partial charge in [0.25, 0.3) is 0 Å². The molecular formula is C6H11F3N2O4S. The normalized spacial score (nSPS) is 20.2. The molecule has 0 radical (unpaired) electrons. The monoisotopic (exact) mass is 264 g/mol. The van der Waals surface area contributed by atoms with Crippen LogP contribution < -0.4 is 15.1 Å². The molecule has 0 atom stereocenters. The number of nitrogens with one attached hydrogen (secondary N) is 1. The maximum atomic E-state index is 10.7. The van der Waals surface area contributed by atoms with Gasteiger partial charge in [-0.3, -0.25) is 0 Å². The summed E-state index contributed by atoms with van der Waals surface area (Å²) >= 11 is 0. The lowest BCUT2D eigenvalue weighted by atomic mass is 10.6. The van der Waals surface area contributed by atoms with E-state index in [9.17, 15) is 21.6 Å². The second kappa shape index (κ2) is 6.01. The van der Waals surface area contributed by atoms with Crippen molar-refractivity contribution in [2.45, 2.75) is 6.18 Å². The number of rotatable bonds is 0. The molecule has 0 saturated carbocycles. The van der Waals surface area contributed by atoms with Gasteiger partial charge in [-0.15, -0.1) is 0 Å². The summed E-state index contributed by atoms with van der Waals surface area (Å²) in [7, 11) is -2.90. The number of carboxylic acids is 1. The van der Waals surface area contributed by atoms with Gasteiger partial charge < -0.3 is 15.2 Å². The van der Waals surface area contributed by atoms with Crippen LogP contribution >= 0.6 is 0 Å². The van der Waals surface area contributed by atoms with Crippen LogP contribution in [-0.2, 0) is 14.8 Å². The molecular weight excluding hydrogens is 253 g/mol. The molecule has 1 saturated heterocycles. The molecule has 0 aromatic carbocycles. The average molecular weight is 264 g/mol. The summed E-state index contributed by atoms with van der Waals surface area (Å²) in [5, 5.41) is 10.8. The zero-order valence-electron chi connectivity index (χ0n) is 8.08. The number of aliphatic carboxylic acids is 1. The van der Waals surface area contributed by atoms with E-state index in [0.717, 1.165) is 6.54 Å². The summed E-state index contributed by atoms with van der Waals surface area (Å²) in [5.41, 5.74) is 0. The van der Waals surface area contributed by atoms with Gasteiger partial charge in [0.05, 0.1) is 19.6 Å². The predicted octanol–water partition coefficient (Wildman–Crippen LogP) is -3.22. The Morgan fingerprint density at radius 2 is 1.81 bits per heavy atom. The lowest BCUT2D eigenvalue weighted by Crippen LogP contribution is -2.85. The summed E-state index contributed by atoms with van der Waals surface area (Å²) in [5.74, 6) is -2.75. The SMILES string of the molecule is O=C([O-])C(F)(F)F.O=S1(=O)CC[NH2+]CCN1. The van der Waals surface area contributed by atoms with Crippen molar-refractivity contribution in [1.82, 2.24) is 4.72 Å². The summed E-state index contributed by atoms with van der Waals surface area (Å²) in [6, 6.07) is 0. The first-order valence-electron chi connectivity index (χ1n) is 4.22. The topological polar surface area (TPSA) is 103 Å². The number of carboxylic acid groups (broad SMARTS) is 1. The van der Waals surface area contributed by atoms with E-state index in [1.165, 1.54) is 0 Å². The van der Waals surface area contributed by atoms with E-state index in [-0.39, 0.29) is 5.75 Å². The minimum absolute atomic E-state index is 0.257. The highest BCUT2D eigenvalue weighted by atomic mass is 32.2. The van der Waals surface area contributed by atoms with Crippen molar-refractivity contribution < 1.29 is 36.8 Å². The van der Waals surface area contributed by atoms with Crippen LogP contribution in [0.15, 0.2) is 0 Å².